The molecule has 4 rings (SSSR count). The third-order valence-corrected chi connectivity index (χ3v) is 10.3. The molecule has 0 aliphatic rings. The van der Waals surface area contributed by atoms with E-state index in [0.717, 1.165) is 0 Å². The van der Waals surface area contributed by atoms with Gasteiger partial charge in [0, 0.05) is 6.42 Å². The van der Waals surface area contributed by atoms with Crippen LogP contribution in [-0.4, -0.2) is 31.4 Å². The van der Waals surface area contributed by atoms with Crippen molar-refractivity contribution in [2.45, 2.75) is 89.6 Å². The molecule has 0 saturated carbocycles. The summed E-state index contributed by atoms with van der Waals surface area (Å²) in [6.07, 6.45) is -43.4. The van der Waals surface area contributed by atoms with Crippen molar-refractivity contribution in [3.05, 3.63) is 123 Å². The van der Waals surface area contributed by atoms with E-state index in [2.05, 4.69) is 0 Å². The Balaban J connectivity index is 0.000000791. The number of halogens is 24. The zero-order valence-corrected chi connectivity index (χ0v) is 35.6. The topological polar surface area (TPSA) is 27.7 Å². The first-order valence-corrected chi connectivity index (χ1v) is 19.4. The maximum Gasteiger partial charge on any atom is 0.864 e. The number of alkyl halides is 24. The van der Waals surface area contributed by atoms with Crippen LogP contribution < -0.4 is 14.0 Å². The van der Waals surface area contributed by atoms with Crippen LogP contribution in [-0.2, 0) is 49.4 Å². The molecule has 4 aromatic carbocycles. The summed E-state index contributed by atoms with van der Waals surface area (Å²) in [5.74, 6) is -4.65. The van der Waals surface area contributed by atoms with Gasteiger partial charge in [0.05, 0.1) is 58.6 Å². The van der Waals surface area contributed by atoms with Gasteiger partial charge in [-0.1, -0.05) is 18.1 Å². The molecule has 0 saturated heterocycles. The molecule has 0 heterocycles. The minimum atomic E-state index is -5.63. The van der Waals surface area contributed by atoms with Gasteiger partial charge in [0.1, 0.15) is 23.3 Å². The summed E-state index contributed by atoms with van der Waals surface area (Å²) >= 11 is 0. The Kier molecular flexibility index (Phi) is 17.5. The molecule has 0 aliphatic heterocycles. The van der Waals surface area contributed by atoms with Gasteiger partial charge in [0.25, 0.3) is 0 Å². The molecule has 0 radical (unpaired) electrons. The van der Waals surface area contributed by atoms with Crippen LogP contribution in [0.2, 0.25) is 0 Å². The highest BCUT2D eigenvalue weighted by Gasteiger charge is 2.48. The van der Waals surface area contributed by atoms with Crippen molar-refractivity contribution in [2.24, 2.45) is 0 Å². The fraction of sp³-hybridized carbons (Fsp3) is 0.415. The summed E-state index contributed by atoms with van der Waals surface area (Å²) in [5, 5.41) is 0. The molecule has 390 valence electrons. The molecule has 0 aromatic heterocycles. The highest BCUT2D eigenvalue weighted by Crippen LogP contribution is 2.49. The molecule has 70 heavy (non-hydrogen) atoms. The Bertz CT molecular complexity index is 2210. The normalized spacial score (nSPS) is 13.9. The third kappa shape index (κ3) is 15.1. The molecule has 0 spiro atoms. The number of quaternary nitrogens is 1. The summed E-state index contributed by atoms with van der Waals surface area (Å²) < 4.78 is 337. The molecule has 1 unspecified atom stereocenters. The molecule has 0 fully saturated rings. The number of hydrogen-bond acceptors (Lipinski definition) is 3. The highest BCUT2D eigenvalue weighted by atomic mass is 19.4. The molecule has 0 bridgehead atoms. The van der Waals surface area contributed by atoms with Crippen molar-refractivity contribution in [1.82, 2.24) is 0 Å². The first kappa shape index (κ1) is 58.9. The van der Waals surface area contributed by atoms with Gasteiger partial charge in [-0.15, -0.1) is 6.07 Å². The van der Waals surface area contributed by atoms with E-state index in [1.54, 1.807) is 6.07 Å². The van der Waals surface area contributed by atoms with Crippen molar-refractivity contribution in [2.75, 3.05) is 19.6 Å². The van der Waals surface area contributed by atoms with E-state index in [-0.39, 0.29) is 73.0 Å². The molecule has 0 N–H and O–H groups in total. The number of nitrogens with zero attached hydrogens (tertiary/aromatic N) is 1. The zero-order chi connectivity index (χ0) is 54.0. The van der Waals surface area contributed by atoms with Gasteiger partial charge in [-0.2, -0.15) is 124 Å². The lowest BCUT2D eigenvalue weighted by atomic mass is 9.91. The maximum atomic E-state index is 14.7. The van der Waals surface area contributed by atoms with Crippen molar-refractivity contribution >= 4 is 7.32 Å². The van der Waals surface area contributed by atoms with Crippen LogP contribution in [0.4, 0.5) is 105 Å². The van der Waals surface area contributed by atoms with Gasteiger partial charge in [-0.05, 0) is 69.3 Å². The average molecular weight is 1050 g/mol. The number of rotatable bonds is 12. The maximum absolute atomic E-state index is 14.7. The van der Waals surface area contributed by atoms with Crippen LogP contribution in [0.25, 0.3) is 0 Å². The minimum absolute atomic E-state index is 0.0224. The quantitative estimate of drug-likeness (QED) is 0.0612. The first-order valence-electron chi connectivity index (χ1n) is 19.4. The Labute approximate surface area is 380 Å². The van der Waals surface area contributed by atoms with Gasteiger partial charge < -0.3 is 18.4 Å². The van der Waals surface area contributed by atoms with E-state index in [1.165, 1.54) is 27.7 Å². The van der Waals surface area contributed by atoms with E-state index in [9.17, 15) is 105 Å². The van der Waals surface area contributed by atoms with Gasteiger partial charge in [-0.25, -0.2) is 0 Å². The van der Waals surface area contributed by atoms with E-state index < -0.39 is 142 Å². The van der Waals surface area contributed by atoms with E-state index in [0.29, 0.717) is 12.1 Å². The van der Waals surface area contributed by atoms with Crippen molar-refractivity contribution in [1.29, 1.82) is 0 Å². The summed E-state index contributed by atoms with van der Waals surface area (Å²) in [7, 11) is -3.27. The van der Waals surface area contributed by atoms with Crippen LogP contribution in [0.5, 0.6) is 17.2 Å². The molecule has 0 aliphatic carbocycles. The zero-order valence-electron chi connectivity index (χ0n) is 35.6. The smallest absolute Gasteiger partial charge is 0.490 e. The fourth-order valence-electron chi connectivity index (χ4n) is 6.85. The van der Waals surface area contributed by atoms with Crippen LogP contribution in [0.3, 0.4) is 0 Å². The molecule has 29 heteroatoms. The molecular formula is C41H32BF24NO3. The van der Waals surface area contributed by atoms with Gasteiger partial charge >= 0.3 is 56.7 Å². The predicted octanol–water partition coefficient (Wildman–Crippen LogP) is 16.2. The second kappa shape index (κ2) is 20.8. The Hall–Kier alpha value is -5.38. The second-order valence-corrected chi connectivity index (χ2v) is 14.7. The van der Waals surface area contributed by atoms with Gasteiger partial charge in [0.2, 0.25) is 0 Å². The van der Waals surface area contributed by atoms with E-state index >= 15 is 0 Å². The Morgan fingerprint density at radius 3 is 0.971 bits per heavy atom. The summed E-state index contributed by atoms with van der Waals surface area (Å²) in [6.45, 7) is 5.94. The van der Waals surface area contributed by atoms with Gasteiger partial charge in [-0.3, -0.25) is 0 Å². The molecule has 1 atom stereocenters. The second-order valence-electron chi connectivity index (χ2n) is 14.7. The lowest BCUT2D eigenvalue weighted by Gasteiger charge is -2.44. The molecular weight excluding hydrogens is 1020 g/mol. The van der Waals surface area contributed by atoms with Crippen LogP contribution in [0.1, 0.15) is 90.2 Å². The van der Waals surface area contributed by atoms with Crippen LogP contribution in [0.15, 0.2) is 66.7 Å². The lowest BCUT2D eigenvalue weighted by molar-refractivity contribution is -0.952. The van der Waals surface area contributed by atoms with Crippen molar-refractivity contribution in [3.63, 3.8) is 0 Å². The largest absolute Gasteiger partial charge is 0.864 e. The minimum Gasteiger partial charge on any atom is -0.490 e. The average Bonchev–Trinajstić information content (AvgIpc) is 3.20. The highest BCUT2D eigenvalue weighted by molar-refractivity contribution is 6.39. The third-order valence-electron chi connectivity index (χ3n) is 10.3. The summed E-state index contributed by atoms with van der Waals surface area (Å²) in [4.78, 5) is 0. The fourth-order valence-corrected chi connectivity index (χ4v) is 6.85. The van der Waals surface area contributed by atoms with Crippen molar-refractivity contribution < 1.29 is 124 Å². The van der Waals surface area contributed by atoms with E-state index in [1.807, 2.05) is 0 Å². The predicted molar refractivity (Wildman–Crippen MR) is 197 cm³/mol. The monoisotopic (exact) mass is 1050 g/mol. The first-order chi connectivity index (χ1) is 31.5. The van der Waals surface area contributed by atoms with Gasteiger partial charge in [0.15, 0.2) is 0 Å². The summed E-state index contributed by atoms with van der Waals surface area (Å²) in [6, 6.07) is -0.524. The van der Waals surface area contributed by atoms with Crippen molar-refractivity contribution in [3.8, 4) is 17.2 Å². The molecule has 4 aromatic rings. The lowest BCUT2D eigenvalue weighted by Crippen LogP contribution is -2.51. The van der Waals surface area contributed by atoms with E-state index in [4.69, 9.17) is 14.0 Å². The summed E-state index contributed by atoms with van der Waals surface area (Å²) in [5.41, 5.74) is -16.2. The van der Waals surface area contributed by atoms with Crippen LogP contribution in [0, 0.1) is 6.07 Å². The van der Waals surface area contributed by atoms with Crippen LogP contribution >= 0.6 is 0 Å². The Morgan fingerprint density at radius 1 is 0.400 bits per heavy atom. The standard InChI is InChI=1S/C33H29BF18NO3.C8H3F6/c1-5-25(53(6-2,7-3)8-4)27-24(33(50,51)52)15-21(32(47,48)49)16-26(27)56-34(54-22-11-17(28(35,36)37)9-18(12-22)29(38,39)40)55-23-13-19(30(41,42)43)10-20(14-23)31(44,45)46;9-7(10,11)5-2-1-3-6(4-5)8(12,13)14/h9-16,25H,5-8H2,1-4H3;2-4H/q+1;-1. The number of hydrogen-bond donors (Lipinski definition) is 0. The molecule has 0 amide bonds. The number of benzene rings is 4. The molecule has 4 nitrogen and oxygen atoms in total. The SMILES string of the molecule is CCC(c1c(OB(Oc2cc(C(F)(F)F)cc(C(F)(F)F)c2)Oc2cc(C(F)(F)F)cc(C(F)(F)F)c2)cc(C(F)(F)F)cc1C(F)(F)F)[N+](CC)(CC)CC.FC(F)(F)c1c[c-]cc(C(F)(F)F)c1. The Morgan fingerprint density at radius 2 is 0.700 bits per heavy atom.